The first kappa shape index (κ1) is 12.4. The number of hydrogen-bond acceptors (Lipinski definition) is 4. The Morgan fingerprint density at radius 1 is 1.28 bits per heavy atom. The van der Waals surface area contributed by atoms with Crippen LogP contribution in [0.5, 0.6) is 5.75 Å². The highest BCUT2D eigenvalue weighted by atomic mass is 16.5. The van der Waals surface area contributed by atoms with E-state index in [9.17, 15) is 14.7 Å². The summed E-state index contributed by atoms with van der Waals surface area (Å²) in [6.07, 6.45) is -0.965. The summed E-state index contributed by atoms with van der Waals surface area (Å²) >= 11 is 0. The van der Waals surface area contributed by atoms with Crippen molar-refractivity contribution in [1.29, 1.82) is 0 Å². The maximum Gasteiger partial charge on any atom is 0.332 e. The number of ether oxygens (including phenoxy) is 1. The quantitative estimate of drug-likeness (QED) is 0.743. The molecule has 1 aliphatic rings. The molecule has 1 aliphatic heterocycles. The molecule has 1 aromatic rings. The van der Waals surface area contributed by atoms with Crippen LogP contribution in [0, 0.1) is 0 Å². The number of carboxylic acid groups (broad SMARTS) is 1. The molecule has 1 saturated heterocycles. The van der Waals surface area contributed by atoms with Crippen molar-refractivity contribution in [2.45, 2.75) is 25.0 Å². The van der Waals surface area contributed by atoms with Gasteiger partial charge in [-0.15, -0.1) is 0 Å². The van der Waals surface area contributed by atoms with Gasteiger partial charge in [0.05, 0.1) is 0 Å². The van der Waals surface area contributed by atoms with E-state index in [0.717, 1.165) is 0 Å². The van der Waals surface area contributed by atoms with Gasteiger partial charge in [0.25, 0.3) is 5.91 Å². The smallest absolute Gasteiger partial charge is 0.332 e. The summed E-state index contributed by atoms with van der Waals surface area (Å²) in [5, 5.41) is 20.6. The van der Waals surface area contributed by atoms with E-state index in [1.807, 2.05) is 0 Å². The third-order valence-corrected chi connectivity index (χ3v) is 2.70. The second-order valence-corrected chi connectivity index (χ2v) is 4.07. The summed E-state index contributed by atoms with van der Waals surface area (Å²) in [6.45, 7) is 0. The Balaban J connectivity index is 1.95. The molecule has 0 unspecified atom stereocenters. The molecule has 6 heteroatoms. The molecule has 0 radical (unpaired) electrons. The summed E-state index contributed by atoms with van der Waals surface area (Å²) in [5.41, 5.74) is 0.447. The molecular formula is C12H13NO5. The molecule has 0 spiro atoms. The van der Waals surface area contributed by atoms with Crippen LogP contribution in [0.3, 0.4) is 0 Å². The van der Waals surface area contributed by atoms with Crippen molar-refractivity contribution in [1.82, 2.24) is 0 Å². The molecule has 3 N–H and O–H groups in total. The molecule has 2 atom stereocenters. The number of aromatic hydroxyl groups is 1. The van der Waals surface area contributed by atoms with E-state index in [0.29, 0.717) is 18.5 Å². The minimum atomic E-state index is -1.05. The summed E-state index contributed by atoms with van der Waals surface area (Å²) in [4.78, 5) is 22.5. The second kappa shape index (κ2) is 5.05. The number of carbonyl (C=O) groups excluding carboxylic acids is 1. The van der Waals surface area contributed by atoms with Crippen LogP contribution in [0.15, 0.2) is 24.3 Å². The van der Waals surface area contributed by atoms with Gasteiger partial charge in [-0.2, -0.15) is 0 Å². The van der Waals surface area contributed by atoms with Gasteiger partial charge in [0, 0.05) is 11.8 Å². The number of amides is 1. The van der Waals surface area contributed by atoms with Crippen LogP contribution in [0.2, 0.25) is 0 Å². The maximum absolute atomic E-state index is 11.8. The van der Waals surface area contributed by atoms with Crippen molar-refractivity contribution in [3.05, 3.63) is 24.3 Å². The van der Waals surface area contributed by atoms with Crippen molar-refractivity contribution >= 4 is 17.6 Å². The molecule has 18 heavy (non-hydrogen) atoms. The van der Waals surface area contributed by atoms with Gasteiger partial charge in [-0.3, -0.25) is 4.79 Å². The number of rotatable bonds is 3. The maximum atomic E-state index is 11.8. The third-order valence-electron chi connectivity index (χ3n) is 2.70. The largest absolute Gasteiger partial charge is 0.508 e. The minimum absolute atomic E-state index is 0.0450. The van der Waals surface area contributed by atoms with Crippen molar-refractivity contribution in [2.75, 3.05) is 5.32 Å². The number of nitrogens with one attached hydrogen (secondary N) is 1. The van der Waals surface area contributed by atoms with Gasteiger partial charge in [-0.1, -0.05) is 6.07 Å². The fourth-order valence-electron chi connectivity index (χ4n) is 1.82. The molecule has 2 rings (SSSR count). The highest BCUT2D eigenvalue weighted by molar-refractivity contribution is 5.94. The minimum Gasteiger partial charge on any atom is -0.508 e. The zero-order valence-electron chi connectivity index (χ0n) is 9.50. The summed E-state index contributed by atoms with van der Waals surface area (Å²) in [6, 6.07) is 6.12. The van der Waals surface area contributed by atoms with Gasteiger partial charge in [0.2, 0.25) is 0 Å². The summed E-state index contributed by atoms with van der Waals surface area (Å²) in [7, 11) is 0. The van der Waals surface area contributed by atoms with Gasteiger partial charge in [0.15, 0.2) is 6.10 Å². The van der Waals surface area contributed by atoms with Gasteiger partial charge >= 0.3 is 5.97 Å². The molecule has 0 saturated carbocycles. The number of phenolic OH excluding ortho intramolecular Hbond substituents is 1. The predicted octanol–water partition coefficient (Wildman–Crippen LogP) is 0.963. The first-order valence-electron chi connectivity index (χ1n) is 5.54. The second-order valence-electron chi connectivity index (χ2n) is 4.07. The van der Waals surface area contributed by atoms with E-state index in [1.165, 1.54) is 12.1 Å². The van der Waals surface area contributed by atoms with E-state index in [-0.39, 0.29) is 5.75 Å². The Kier molecular flexibility index (Phi) is 3.47. The van der Waals surface area contributed by atoms with Crippen LogP contribution in [0.1, 0.15) is 12.8 Å². The van der Waals surface area contributed by atoms with E-state index in [1.54, 1.807) is 12.1 Å². The Labute approximate surface area is 103 Å². The Bertz CT molecular complexity index is 473. The van der Waals surface area contributed by atoms with Gasteiger partial charge in [0.1, 0.15) is 11.9 Å². The third kappa shape index (κ3) is 2.78. The average molecular weight is 251 g/mol. The molecule has 1 amide bonds. The molecule has 96 valence electrons. The van der Waals surface area contributed by atoms with Gasteiger partial charge < -0.3 is 20.3 Å². The van der Waals surface area contributed by atoms with Crippen LogP contribution in [0.25, 0.3) is 0 Å². The van der Waals surface area contributed by atoms with Crippen molar-refractivity contribution in [3.63, 3.8) is 0 Å². The van der Waals surface area contributed by atoms with Crippen molar-refractivity contribution in [2.24, 2.45) is 0 Å². The lowest BCUT2D eigenvalue weighted by Crippen LogP contribution is -2.29. The van der Waals surface area contributed by atoms with Crippen LogP contribution >= 0.6 is 0 Å². The lowest BCUT2D eigenvalue weighted by molar-refractivity contribution is -0.150. The number of hydrogen-bond donors (Lipinski definition) is 3. The van der Waals surface area contributed by atoms with Crippen LogP contribution in [-0.4, -0.2) is 34.3 Å². The van der Waals surface area contributed by atoms with E-state index >= 15 is 0 Å². The highest BCUT2D eigenvalue weighted by Gasteiger charge is 2.34. The molecule has 0 aliphatic carbocycles. The number of aliphatic carboxylic acids is 1. The zero-order valence-corrected chi connectivity index (χ0v) is 9.50. The highest BCUT2D eigenvalue weighted by Crippen LogP contribution is 2.22. The Hall–Kier alpha value is -2.08. The number of benzene rings is 1. The normalized spacial score (nSPS) is 22.7. The summed E-state index contributed by atoms with van der Waals surface area (Å²) in [5.74, 6) is -1.41. The lowest BCUT2D eigenvalue weighted by atomic mass is 10.2. The van der Waals surface area contributed by atoms with E-state index < -0.39 is 24.1 Å². The molecule has 1 fully saturated rings. The molecular weight excluding hydrogens is 238 g/mol. The fourth-order valence-corrected chi connectivity index (χ4v) is 1.82. The topological polar surface area (TPSA) is 95.9 Å². The Morgan fingerprint density at radius 3 is 2.61 bits per heavy atom. The van der Waals surface area contributed by atoms with Crippen molar-refractivity contribution in [3.8, 4) is 5.75 Å². The number of carboxylic acids is 1. The van der Waals surface area contributed by atoms with Crippen LogP contribution < -0.4 is 5.32 Å². The first-order valence-corrected chi connectivity index (χ1v) is 5.54. The fraction of sp³-hybridized carbons (Fsp3) is 0.333. The van der Waals surface area contributed by atoms with Crippen LogP contribution in [-0.2, 0) is 14.3 Å². The number of carbonyl (C=O) groups is 2. The lowest BCUT2D eigenvalue weighted by Gasteiger charge is -2.11. The van der Waals surface area contributed by atoms with Gasteiger partial charge in [-0.25, -0.2) is 4.79 Å². The first-order chi connectivity index (χ1) is 8.56. The van der Waals surface area contributed by atoms with Gasteiger partial charge in [-0.05, 0) is 25.0 Å². The van der Waals surface area contributed by atoms with E-state index in [2.05, 4.69) is 5.32 Å². The number of phenols is 1. The molecule has 0 aromatic heterocycles. The average Bonchev–Trinajstić information content (AvgIpc) is 2.78. The summed E-state index contributed by atoms with van der Waals surface area (Å²) < 4.78 is 5.11. The molecule has 1 aromatic carbocycles. The zero-order chi connectivity index (χ0) is 13.1. The molecule has 1 heterocycles. The van der Waals surface area contributed by atoms with Crippen molar-refractivity contribution < 1.29 is 24.5 Å². The molecule has 0 bridgehead atoms. The van der Waals surface area contributed by atoms with Crippen LogP contribution in [0.4, 0.5) is 5.69 Å². The SMILES string of the molecule is O=C(Nc1cccc(O)c1)[C@@H]1CC[C@H](C(=O)O)O1. The standard InChI is InChI=1S/C12H13NO5/c14-8-3-1-2-7(6-8)13-11(15)9-4-5-10(18-9)12(16)17/h1-3,6,9-10,14H,4-5H2,(H,13,15)(H,16,17)/t9-,10+/m0/s1. The monoisotopic (exact) mass is 251 g/mol. The Morgan fingerprint density at radius 2 is 2.00 bits per heavy atom. The predicted molar refractivity (Wildman–Crippen MR) is 62.3 cm³/mol. The number of anilines is 1. The van der Waals surface area contributed by atoms with E-state index in [4.69, 9.17) is 9.84 Å². The molecule has 6 nitrogen and oxygen atoms in total.